The smallest absolute Gasteiger partial charge is 0.271 e. The highest BCUT2D eigenvalue weighted by Gasteiger charge is 2.28. The Balaban J connectivity index is 1.75. The number of hydrogen-bond acceptors (Lipinski definition) is 5. The molecule has 1 aliphatic rings. The Morgan fingerprint density at radius 3 is 2.39 bits per heavy atom. The van der Waals surface area contributed by atoms with Crippen LogP contribution in [-0.4, -0.2) is 10.3 Å². The van der Waals surface area contributed by atoms with Crippen LogP contribution in [0.5, 0.6) is 0 Å². The number of nitrogens with zero attached hydrogens (tertiary/aromatic N) is 3. The van der Waals surface area contributed by atoms with Gasteiger partial charge in [0, 0.05) is 11.6 Å². The fourth-order valence-corrected chi connectivity index (χ4v) is 4.25. The molecular formula is C22H15N3O2S. The molecular weight excluding hydrogens is 370 g/mol. The lowest BCUT2D eigenvalue weighted by molar-refractivity contribution is 0.556. The molecule has 28 heavy (non-hydrogen) atoms. The zero-order valence-electron chi connectivity index (χ0n) is 14.7. The van der Waals surface area contributed by atoms with E-state index in [0.717, 1.165) is 16.8 Å². The van der Waals surface area contributed by atoms with Crippen molar-refractivity contribution in [3.63, 3.8) is 0 Å². The predicted molar refractivity (Wildman–Crippen MR) is 109 cm³/mol. The third-order valence-corrected chi connectivity index (χ3v) is 5.57. The van der Waals surface area contributed by atoms with Crippen LogP contribution in [0.4, 0.5) is 0 Å². The molecule has 5 rings (SSSR count). The van der Waals surface area contributed by atoms with Gasteiger partial charge in [0.05, 0.1) is 16.5 Å². The van der Waals surface area contributed by atoms with Crippen molar-refractivity contribution in [2.24, 2.45) is 10.2 Å². The van der Waals surface area contributed by atoms with Gasteiger partial charge in [-0.1, -0.05) is 72.0 Å². The molecule has 0 amide bonds. The van der Waals surface area contributed by atoms with Crippen LogP contribution >= 0.6 is 11.3 Å². The van der Waals surface area contributed by atoms with Crippen molar-refractivity contribution in [2.75, 3.05) is 0 Å². The Labute approximate surface area is 164 Å². The van der Waals surface area contributed by atoms with E-state index in [1.165, 1.54) is 11.3 Å². The van der Waals surface area contributed by atoms with Crippen LogP contribution in [0.1, 0.15) is 22.9 Å². The van der Waals surface area contributed by atoms with E-state index in [0.29, 0.717) is 15.1 Å². The lowest BCUT2D eigenvalue weighted by Crippen LogP contribution is -2.40. The first-order valence-corrected chi connectivity index (χ1v) is 9.65. The van der Waals surface area contributed by atoms with Crippen molar-refractivity contribution in [3.8, 4) is 0 Å². The molecule has 0 saturated carbocycles. The highest BCUT2D eigenvalue weighted by Crippen LogP contribution is 2.23. The summed E-state index contributed by atoms with van der Waals surface area (Å²) in [5.41, 5.74) is 2.59. The second-order valence-corrected chi connectivity index (χ2v) is 7.36. The molecule has 5 nitrogen and oxygen atoms in total. The van der Waals surface area contributed by atoms with Crippen LogP contribution < -0.4 is 14.9 Å². The van der Waals surface area contributed by atoms with Crippen molar-refractivity contribution in [1.29, 1.82) is 0 Å². The Bertz CT molecular complexity index is 1320. The number of benzene rings is 2. The van der Waals surface area contributed by atoms with Crippen molar-refractivity contribution in [2.45, 2.75) is 6.04 Å². The van der Waals surface area contributed by atoms with Crippen molar-refractivity contribution in [3.05, 3.63) is 116 Å². The van der Waals surface area contributed by atoms with Gasteiger partial charge in [-0.05, 0) is 17.7 Å². The van der Waals surface area contributed by atoms with Gasteiger partial charge in [0.15, 0.2) is 0 Å². The first kappa shape index (κ1) is 16.6. The number of hydrogen-bond donors (Lipinski definition) is 0. The summed E-state index contributed by atoms with van der Waals surface area (Å²) in [4.78, 5) is 13.9. The normalized spacial score (nSPS) is 16.4. The van der Waals surface area contributed by atoms with E-state index >= 15 is 0 Å². The lowest BCUT2D eigenvalue weighted by atomic mass is 9.96. The molecule has 0 aliphatic carbocycles. The average Bonchev–Trinajstić information content (AvgIpc) is 3.37. The molecule has 0 N–H and O–H groups in total. The van der Waals surface area contributed by atoms with Crippen LogP contribution in [0.2, 0.25) is 0 Å². The molecule has 136 valence electrons. The molecule has 1 aliphatic heterocycles. The number of thiazole rings is 1. The largest absolute Gasteiger partial charge is 0.465 e. The summed E-state index contributed by atoms with van der Waals surface area (Å²) in [5, 5.41) is 8.86. The topological polar surface area (TPSA) is 59.9 Å². The Kier molecular flexibility index (Phi) is 4.10. The minimum absolute atomic E-state index is 0.0997. The lowest BCUT2D eigenvalue weighted by Gasteiger charge is -2.22. The summed E-state index contributed by atoms with van der Waals surface area (Å²) in [5.74, 6) is 0.636. The van der Waals surface area contributed by atoms with Gasteiger partial charge in [-0.25, -0.2) is 0 Å². The minimum atomic E-state index is -0.335. The van der Waals surface area contributed by atoms with Gasteiger partial charge in [-0.3, -0.25) is 9.36 Å². The fourth-order valence-electron chi connectivity index (χ4n) is 3.33. The number of rotatable bonds is 3. The van der Waals surface area contributed by atoms with Crippen molar-refractivity contribution in [1.82, 2.24) is 4.57 Å². The number of fused-ring (bicyclic) bond motifs is 1. The van der Waals surface area contributed by atoms with E-state index in [9.17, 15) is 4.79 Å². The van der Waals surface area contributed by atoms with Gasteiger partial charge in [0.2, 0.25) is 4.80 Å². The van der Waals surface area contributed by atoms with Crippen LogP contribution in [0, 0.1) is 0 Å². The Morgan fingerprint density at radius 2 is 1.68 bits per heavy atom. The maximum Gasteiger partial charge on any atom is 0.271 e. The van der Waals surface area contributed by atoms with Gasteiger partial charge in [-0.2, -0.15) is 0 Å². The second-order valence-electron chi connectivity index (χ2n) is 6.35. The number of aromatic nitrogens is 1. The molecule has 1 atom stereocenters. The summed E-state index contributed by atoms with van der Waals surface area (Å²) >= 11 is 1.32. The van der Waals surface area contributed by atoms with Gasteiger partial charge in [0.25, 0.3) is 5.56 Å². The minimum Gasteiger partial charge on any atom is -0.465 e. The van der Waals surface area contributed by atoms with Crippen molar-refractivity contribution < 1.29 is 4.42 Å². The van der Waals surface area contributed by atoms with E-state index < -0.39 is 0 Å². The number of furan rings is 1. The third-order valence-electron chi connectivity index (χ3n) is 4.60. The highest BCUT2D eigenvalue weighted by molar-refractivity contribution is 7.07. The molecule has 0 spiro atoms. The second kappa shape index (κ2) is 6.90. The summed E-state index contributed by atoms with van der Waals surface area (Å²) < 4.78 is 7.67. The molecule has 0 fully saturated rings. The first-order chi connectivity index (χ1) is 13.8. The maximum absolute atomic E-state index is 13.3. The monoisotopic (exact) mass is 385 g/mol. The predicted octanol–water partition coefficient (Wildman–Crippen LogP) is 2.96. The Hall–Kier alpha value is -3.51. The van der Waals surface area contributed by atoms with E-state index in [-0.39, 0.29) is 11.6 Å². The first-order valence-electron chi connectivity index (χ1n) is 8.84. The quantitative estimate of drug-likeness (QED) is 0.544. The zero-order valence-corrected chi connectivity index (χ0v) is 15.5. The van der Waals surface area contributed by atoms with E-state index in [2.05, 4.69) is 10.2 Å². The Morgan fingerprint density at radius 1 is 0.929 bits per heavy atom. The summed E-state index contributed by atoms with van der Waals surface area (Å²) in [6, 6.07) is 23.1. The highest BCUT2D eigenvalue weighted by atomic mass is 32.1. The van der Waals surface area contributed by atoms with Crippen LogP contribution in [0.25, 0.3) is 6.08 Å². The average molecular weight is 385 g/mol. The fraction of sp³-hybridized carbons (Fsp3) is 0.0455. The molecule has 6 heteroatoms. The van der Waals surface area contributed by atoms with Gasteiger partial charge in [-0.15, -0.1) is 10.2 Å². The third kappa shape index (κ3) is 2.84. The molecule has 0 radical (unpaired) electrons. The van der Waals surface area contributed by atoms with Gasteiger partial charge < -0.3 is 4.42 Å². The van der Waals surface area contributed by atoms with Crippen LogP contribution in [0.15, 0.2) is 98.5 Å². The summed E-state index contributed by atoms with van der Waals surface area (Å²) in [6.07, 6.45) is 3.34. The standard InChI is InChI=1S/C22H15N3O2S/c26-21-18(14-17-12-7-13-27-17)28-22-24-23-19(15-8-3-1-4-9-15)20(25(21)22)16-10-5-2-6-11-16/h1-14,20H/b18-14-/t20-/m1/s1. The van der Waals surface area contributed by atoms with Gasteiger partial charge in [0.1, 0.15) is 11.8 Å². The van der Waals surface area contributed by atoms with E-state index in [1.807, 2.05) is 66.7 Å². The molecule has 4 aromatic rings. The zero-order chi connectivity index (χ0) is 18.9. The van der Waals surface area contributed by atoms with Crippen molar-refractivity contribution >= 4 is 23.1 Å². The molecule has 0 saturated heterocycles. The van der Waals surface area contributed by atoms with Gasteiger partial charge >= 0.3 is 0 Å². The van der Waals surface area contributed by atoms with Crippen LogP contribution in [0.3, 0.4) is 0 Å². The maximum atomic E-state index is 13.3. The van der Waals surface area contributed by atoms with E-state index in [4.69, 9.17) is 4.42 Å². The van der Waals surface area contributed by atoms with E-state index in [1.54, 1.807) is 23.0 Å². The summed E-state index contributed by atoms with van der Waals surface area (Å²) in [7, 11) is 0. The SMILES string of the molecule is O=c1/c(=C/c2ccco2)sc2n1[C@H](c1ccccc1)C(c1ccccc1)=NN=2. The molecule has 2 aromatic carbocycles. The molecule has 0 bridgehead atoms. The van der Waals surface area contributed by atoms with Crippen LogP contribution in [-0.2, 0) is 0 Å². The molecule has 0 unspecified atom stereocenters. The molecule has 3 heterocycles. The summed E-state index contributed by atoms with van der Waals surface area (Å²) in [6.45, 7) is 0. The molecule has 2 aromatic heterocycles.